The summed E-state index contributed by atoms with van der Waals surface area (Å²) in [4.78, 5) is 25.4. The van der Waals surface area contributed by atoms with Crippen LogP contribution in [0, 0.1) is 10.1 Å². The van der Waals surface area contributed by atoms with Gasteiger partial charge in [-0.25, -0.2) is 0 Å². The van der Waals surface area contributed by atoms with Gasteiger partial charge in [0.15, 0.2) is 0 Å². The number of primary amides is 1. The molecule has 100 valence electrons. The molecule has 0 heterocycles. The number of amides is 1. The molecule has 0 aromatic heterocycles. The van der Waals surface area contributed by atoms with Crippen molar-refractivity contribution >= 4 is 23.5 Å². The Labute approximate surface area is 114 Å². The zero-order chi connectivity index (χ0) is 14.5. The molecule has 6 heteroatoms. The van der Waals surface area contributed by atoms with Gasteiger partial charge >= 0.3 is 0 Å². The quantitative estimate of drug-likeness (QED) is 0.524. The van der Waals surface area contributed by atoms with Crippen LogP contribution in [0.3, 0.4) is 0 Å². The van der Waals surface area contributed by atoms with E-state index >= 15 is 0 Å². The van der Waals surface area contributed by atoms with Gasteiger partial charge in [-0.15, -0.1) is 0 Å². The number of para-hydroxylation sites is 1. The third kappa shape index (κ3) is 3.05. The Morgan fingerprint density at radius 3 is 2.40 bits per heavy atom. The van der Waals surface area contributed by atoms with Crippen molar-refractivity contribution < 1.29 is 9.72 Å². The minimum atomic E-state index is -0.515. The lowest BCUT2D eigenvalue weighted by atomic mass is 10.2. The van der Waals surface area contributed by atoms with Crippen LogP contribution < -0.4 is 5.73 Å². The Morgan fingerprint density at radius 1 is 1.15 bits per heavy atom. The maximum absolute atomic E-state index is 10.9. The highest BCUT2D eigenvalue weighted by Crippen LogP contribution is 2.18. The zero-order valence-electron chi connectivity index (χ0n) is 10.4. The molecule has 0 aliphatic heterocycles. The van der Waals surface area contributed by atoms with Crippen LogP contribution in [-0.4, -0.2) is 17.0 Å². The number of hydrogen-bond donors (Lipinski definition) is 1. The van der Waals surface area contributed by atoms with E-state index in [9.17, 15) is 14.9 Å². The molecular weight excluding hydrogens is 258 g/mol. The molecule has 20 heavy (non-hydrogen) atoms. The average Bonchev–Trinajstić information content (AvgIpc) is 2.45. The lowest BCUT2D eigenvalue weighted by molar-refractivity contribution is -0.385. The summed E-state index contributed by atoms with van der Waals surface area (Å²) in [5.41, 5.74) is 6.49. The van der Waals surface area contributed by atoms with Crippen molar-refractivity contribution in [3.05, 3.63) is 69.8 Å². The number of carbonyl (C=O) groups excluding carboxylic acids is 1. The predicted octanol–water partition coefficient (Wildman–Crippen LogP) is 2.44. The van der Waals surface area contributed by atoms with E-state index in [0.717, 1.165) is 0 Å². The monoisotopic (exact) mass is 269 g/mol. The third-order valence-electron chi connectivity index (χ3n) is 2.64. The van der Waals surface area contributed by atoms with Crippen LogP contribution in [0.4, 0.5) is 11.4 Å². The summed E-state index contributed by atoms with van der Waals surface area (Å²) in [6.45, 7) is 0. The molecule has 0 saturated heterocycles. The largest absolute Gasteiger partial charge is 0.366 e. The van der Waals surface area contributed by atoms with E-state index in [4.69, 9.17) is 5.73 Å². The van der Waals surface area contributed by atoms with Crippen LogP contribution in [0.5, 0.6) is 0 Å². The smallest absolute Gasteiger partial charge is 0.278 e. The fourth-order valence-electron chi connectivity index (χ4n) is 1.62. The average molecular weight is 269 g/mol. The number of nitro groups is 1. The van der Waals surface area contributed by atoms with E-state index in [1.165, 1.54) is 12.3 Å². The second-order valence-electron chi connectivity index (χ2n) is 3.99. The van der Waals surface area contributed by atoms with E-state index < -0.39 is 10.8 Å². The summed E-state index contributed by atoms with van der Waals surface area (Å²) in [6, 6.07) is 12.7. The molecule has 1 amide bonds. The topological polar surface area (TPSA) is 98.6 Å². The van der Waals surface area contributed by atoms with Gasteiger partial charge in [0.25, 0.3) is 5.69 Å². The van der Waals surface area contributed by atoms with Gasteiger partial charge in [-0.2, -0.15) is 0 Å². The first kappa shape index (κ1) is 13.4. The van der Waals surface area contributed by atoms with Crippen LogP contribution in [-0.2, 0) is 0 Å². The molecule has 6 nitrogen and oxygen atoms in total. The molecule has 2 aromatic rings. The first-order valence-corrected chi connectivity index (χ1v) is 5.75. The van der Waals surface area contributed by atoms with Gasteiger partial charge in [-0.3, -0.25) is 19.9 Å². The normalized spacial score (nSPS) is 10.6. The number of hydrogen-bond acceptors (Lipinski definition) is 4. The number of nitro benzene ring substituents is 1. The van der Waals surface area contributed by atoms with Crippen LogP contribution in [0.1, 0.15) is 15.9 Å². The third-order valence-corrected chi connectivity index (χ3v) is 2.64. The number of rotatable bonds is 4. The number of nitrogens with zero attached hydrogens (tertiary/aromatic N) is 2. The van der Waals surface area contributed by atoms with Gasteiger partial charge in [0.2, 0.25) is 5.91 Å². The molecule has 0 atom stereocenters. The fraction of sp³-hybridized carbons (Fsp3) is 0. The summed E-state index contributed by atoms with van der Waals surface area (Å²) in [6.07, 6.45) is 1.41. The first-order valence-electron chi connectivity index (χ1n) is 5.75. The highest BCUT2D eigenvalue weighted by atomic mass is 16.6. The maximum atomic E-state index is 10.9. The van der Waals surface area contributed by atoms with Gasteiger partial charge in [0.05, 0.1) is 16.2 Å². The molecule has 0 aliphatic carbocycles. The molecule has 0 aliphatic rings. The van der Waals surface area contributed by atoms with E-state index in [1.54, 1.807) is 42.5 Å². The molecule has 0 saturated carbocycles. The first-order chi connectivity index (χ1) is 9.58. The maximum Gasteiger partial charge on any atom is 0.278 e. The molecule has 2 rings (SSSR count). The van der Waals surface area contributed by atoms with Crippen molar-refractivity contribution in [3.63, 3.8) is 0 Å². The fourth-order valence-corrected chi connectivity index (χ4v) is 1.62. The number of carbonyl (C=O) groups is 1. The van der Waals surface area contributed by atoms with Crippen molar-refractivity contribution in [2.45, 2.75) is 0 Å². The van der Waals surface area contributed by atoms with Gasteiger partial charge in [-0.05, 0) is 30.3 Å². The molecule has 0 spiro atoms. The van der Waals surface area contributed by atoms with E-state index in [-0.39, 0.29) is 5.69 Å². The standard InChI is InChI=1S/C14H11N3O3/c15-14(18)10-5-7-12(8-6-10)16-9-11-3-1-2-4-13(11)17(19)20/h1-9H,(H2,15,18). The molecule has 2 aromatic carbocycles. The SMILES string of the molecule is NC(=O)c1ccc(N=Cc2ccccc2[N+](=O)[O-])cc1. The zero-order valence-corrected chi connectivity index (χ0v) is 10.4. The molecule has 0 radical (unpaired) electrons. The number of aliphatic imine (C=N–C) groups is 1. The van der Waals surface area contributed by atoms with Crippen LogP contribution >= 0.6 is 0 Å². The highest BCUT2D eigenvalue weighted by Gasteiger charge is 2.09. The van der Waals surface area contributed by atoms with Crippen molar-refractivity contribution in [3.8, 4) is 0 Å². The van der Waals surface area contributed by atoms with Gasteiger partial charge in [-0.1, -0.05) is 12.1 Å². The summed E-state index contributed by atoms with van der Waals surface area (Å²) >= 11 is 0. The number of nitrogens with two attached hydrogens (primary N) is 1. The summed E-state index contributed by atoms with van der Waals surface area (Å²) in [7, 11) is 0. The Hall–Kier alpha value is -3.02. The van der Waals surface area contributed by atoms with Crippen molar-refractivity contribution in [1.29, 1.82) is 0 Å². The molecule has 0 fully saturated rings. The van der Waals surface area contributed by atoms with Gasteiger partial charge in [0, 0.05) is 17.8 Å². The van der Waals surface area contributed by atoms with Crippen molar-refractivity contribution in [1.82, 2.24) is 0 Å². The molecule has 0 bridgehead atoms. The van der Waals surface area contributed by atoms with Crippen LogP contribution in [0.2, 0.25) is 0 Å². The predicted molar refractivity (Wildman–Crippen MR) is 75.3 cm³/mol. The minimum absolute atomic E-state index is 0.00925. The van der Waals surface area contributed by atoms with E-state index in [0.29, 0.717) is 16.8 Å². The van der Waals surface area contributed by atoms with Crippen LogP contribution in [0.25, 0.3) is 0 Å². The lowest BCUT2D eigenvalue weighted by Gasteiger charge is -1.98. The van der Waals surface area contributed by atoms with Gasteiger partial charge < -0.3 is 5.73 Å². The summed E-state index contributed by atoms with van der Waals surface area (Å²) < 4.78 is 0. The van der Waals surface area contributed by atoms with Crippen LogP contribution in [0.15, 0.2) is 53.5 Å². The molecule has 0 unspecified atom stereocenters. The van der Waals surface area contributed by atoms with Crippen molar-refractivity contribution in [2.75, 3.05) is 0 Å². The Morgan fingerprint density at radius 2 is 1.80 bits per heavy atom. The minimum Gasteiger partial charge on any atom is -0.366 e. The summed E-state index contributed by atoms with van der Waals surface area (Å²) in [5.74, 6) is -0.515. The highest BCUT2D eigenvalue weighted by molar-refractivity contribution is 5.93. The lowest BCUT2D eigenvalue weighted by Crippen LogP contribution is -2.10. The Kier molecular flexibility index (Phi) is 3.85. The molecule has 2 N–H and O–H groups in total. The Balaban J connectivity index is 2.25. The Bertz CT molecular complexity index is 678. The second-order valence-corrected chi connectivity index (χ2v) is 3.99. The van der Waals surface area contributed by atoms with Crippen molar-refractivity contribution in [2.24, 2.45) is 10.7 Å². The van der Waals surface area contributed by atoms with E-state index in [2.05, 4.69) is 4.99 Å². The molecular formula is C14H11N3O3. The van der Waals surface area contributed by atoms with E-state index in [1.807, 2.05) is 0 Å². The second kappa shape index (κ2) is 5.75. The van der Waals surface area contributed by atoms with Gasteiger partial charge in [0.1, 0.15) is 0 Å². The number of benzene rings is 2. The summed E-state index contributed by atoms with van der Waals surface area (Å²) in [5, 5.41) is 10.8.